The predicted octanol–water partition coefficient (Wildman–Crippen LogP) is 2.46. The van der Waals surface area contributed by atoms with Crippen LogP contribution in [-0.2, 0) is 8.85 Å². The second kappa shape index (κ2) is 9.70. The lowest BCUT2D eigenvalue weighted by molar-refractivity contribution is 0.213. The lowest BCUT2D eigenvalue weighted by Crippen LogP contribution is -2.22. The molecule has 0 aromatic heterocycles. The van der Waals surface area contributed by atoms with Gasteiger partial charge in [0, 0.05) is 18.5 Å². The summed E-state index contributed by atoms with van der Waals surface area (Å²) in [6, 6.07) is 1.15. The first kappa shape index (κ1) is 12.6. The topological polar surface area (TPSA) is 18.5 Å². The smallest absolute Gasteiger partial charge is 0.321 e. The molecule has 0 spiro atoms. The molecule has 0 unspecified atom stereocenters. The summed E-state index contributed by atoms with van der Waals surface area (Å²) in [6.07, 6.45) is 2.45. The summed E-state index contributed by atoms with van der Waals surface area (Å²) < 4.78 is 11.1. The highest BCUT2D eigenvalue weighted by Gasteiger charge is 2.10. The van der Waals surface area contributed by atoms with Crippen LogP contribution in [0.15, 0.2) is 0 Å². The number of rotatable bonds is 8. The summed E-state index contributed by atoms with van der Waals surface area (Å²) in [5, 5.41) is 1.09. The van der Waals surface area contributed by atoms with E-state index in [4.69, 9.17) is 8.85 Å². The lowest BCUT2D eigenvalue weighted by Gasteiger charge is -2.13. The quantitative estimate of drug-likeness (QED) is 0.377. The van der Waals surface area contributed by atoms with E-state index in [9.17, 15) is 0 Å². The van der Waals surface area contributed by atoms with Crippen molar-refractivity contribution in [1.29, 1.82) is 0 Å². The van der Waals surface area contributed by atoms with Crippen LogP contribution in [0.4, 0.5) is 0 Å². The van der Waals surface area contributed by atoms with Gasteiger partial charge in [0.2, 0.25) is 0 Å². The Hall–Kier alpha value is 0.617. The maximum absolute atomic E-state index is 5.53. The molecule has 0 aliphatic carbocycles. The van der Waals surface area contributed by atoms with Crippen LogP contribution in [0.5, 0.6) is 0 Å². The van der Waals surface area contributed by atoms with Crippen molar-refractivity contribution in [3.8, 4) is 0 Å². The van der Waals surface area contributed by atoms with E-state index in [0.717, 1.165) is 24.6 Å². The van der Waals surface area contributed by atoms with Crippen molar-refractivity contribution >= 4 is 25.2 Å². The number of alkyl halides is 1. The molecular weight excluding hydrogens is 236 g/mol. The van der Waals surface area contributed by atoms with Gasteiger partial charge in [0.1, 0.15) is 0 Å². The van der Waals surface area contributed by atoms with E-state index in [1.165, 1.54) is 12.8 Å². The Balaban J connectivity index is 3.34. The van der Waals surface area contributed by atoms with Crippen molar-refractivity contribution < 1.29 is 8.85 Å². The van der Waals surface area contributed by atoms with Gasteiger partial charge in [-0.05, 0) is 26.3 Å². The van der Waals surface area contributed by atoms with Crippen LogP contribution < -0.4 is 0 Å². The number of hydrogen-bond acceptors (Lipinski definition) is 2. The van der Waals surface area contributed by atoms with Gasteiger partial charge in [-0.25, -0.2) is 0 Å². The first-order valence-electron chi connectivity index (χ1n) is 4.64. The van der Waals surface area contributed by atoms with Gasteiger partial charge in [0.15, 0.2) is 0 Å². The van der Waals surface area contributed by atoms with Crippen molar-refractivity contribution in [2.45, 2.75) is 32.7 Å². The third kappa shape index (κ3) is 7.28. The Labute approximate surface area is 85.6 Å². The SMILES string of the molecule is CCO[SiH](CCCCBr)OCC. The Morgan fingerprint density at radius 1 is 1.08 bits per heavy atom. The van der Waals surface area contributed by atoms with Crippen LogP contribution in [0, 0.1) is 0 Å². The van der Waals surface area contributed by atoms with Crippen molar-refractivity contribution in [3.05, 3.63) is 0 Å². The third-order valence-electron chi connectivity index (χ3n) is 1.53. The average Bonchev–Trinajstić information content (AvgIpc) is 2.06. The molecule has 0 aromatic rings. The molecule has 0 bridgehead atoms. The zero-order valence-corrected chi connectivity index (χ0v) is 10.8. The second-order valence-electron chi connectivity index (χ2n) is 2.53. The molecule has 0 saturated heterocycles. The maximum atomic E-state index is 5.53. The van der Waals surface area contributed by atoms with Crippen molar-refractivity contribution in [1.82, 2.24) is 0 Å². The summed E-state index contributed by atoms with van der Waals surface area (Å²) in [4.78, 5) is 0. The van der Waals surface area contributed by atoms with Crippen molar-refractivity contribution in [2.75, 3.05) is 18.5 Å². The molecule has 0 fully saturated rings. The summed E-state index contributed by atoms with van der Waals surface area (Å²) in [6.45, 7) is 5.66. The standard InChI is InChI=1S/C8H19BrO2Si/c1-3-10-12(11-4-2)8-6-5-7-9/h12H,3-8H2,1-2H3. The largest absolute Gasteiger partial charge is 0.397 e. The lowest BCUT2D eigenvalue weighted by atomic mass is 10.4. The van der Waals surface area contributed by atoms with Gasteiger partial charge in [0.25, 0.3) is 0 Å². The molecule has 0 N–H and O–H groups in total. The van der Waals surface area contributed by atoms with Gasteiger partial charge < -0.3 is 8.85 Å². The highest BCUT2D eigenvalue weighted by molar-refractivity contribution is 9.09. The molecule has 0 aliphatic heterocycles. The minimum Gasteiger partial charge on any atom is -0.397 e. The van der Waals surface area contributed by atoms with E-state index in [-0.39, 0.29) is 0 Å². The van der Waals surface area contributed by atoms with Crippen LogP contribution in [0.3, 0.4) is 0 Å². The molecule has 0 rings (SSSR count). The molecule has 0 saturated carbocycles. The molecule has 0 amide bonds. The van der Waals surface area contributed by atoms with Gasteiger partial charge in [-0.15, -0.1) is 0 Å². The number of unbranched alkanes of at least 4 members (excludes halogenated alkanes) is 1. The van der Waals surface area contributed by atoms with E-state index >= 15 is 0 Å². The van der Waals surface area contributed by atoms with Gasteiger partial charge in [-0.2, -0.15) is 0 Å². The first-order valence-corrected chi connectivity index (χ1v) is 7.52. The van der Waals surface area contributed by atoms with Gasteiger partial charge in [-0.3, -0.25) is 0 Å². The van der Waals surface area contributed by atoms with Crippen LogP contribution in [0.25, 0.3) is 0 Å². The minimum atomic E-state index is -1.29. The number of halogens is 1. The molecule has 74 valence electrons. The summed E-state index contributed by atoms with van der Waals surface area (Å²) in [7, 11) is -1.29. The fraction of sp³-hybridized carbons (Fsp3) is 1.00. The minimum absolute atomic E-state index is 0.797. The Morgan fingerprint density at radius 3 is 2.08 bits per heavy atom. The normalized spacial score (nSPS) is 11.0. The van der Waals surface area contributed by atoms with Crippen LogP contribution in [0.2, 0.25) is 6.04 Å². The van der Waals surface area contributed by atoms with Crippen molar-refractivity contribution in [3.63, 3.8) is 0 Å². The zero-order valence-electron chi connectivity index (χ0n) is 8.01. The number of hydrogen-bond donors (Lipinski definition) is 0. The molecule has 0 atom stereocenters. The average molecular weight is 255 g/mol. The van der Waals surface area contributed by atoms with Crippen LogP contribution >= 0.6 is 15.9 Å². The van der Waals surface area contributed by atoms with E-state index in [0.29, 0.717) is 0 Å². The van der Waals surface area contributed by atoms with Crippen LogP contribution in [-0.4, -0.2) is 27.8 Å². The van der Waals surface area contributed by atoms with Crippen LogP contribution in [0.1, 0.15) is 26.7 Å². The fourth-order valence-electron chi connectivity index (χ4n) is 0.992. The molecule has 0 heterocycles. The second-order valence-corrected chi connectivity index (χ2v) is 5.42. The fourth-order valence-corrected chi connectivity index (χ4v) is 3.18. The van der Waals surface area contributed by atoms with E-state index < -0.39 is 9.28 Å². The Morgan fingerprint density at radius 2 is 1.67 bits per heavy atom. The molecule has 2 nitrogen and oxygen atoms in total. The Bertz CT molecular complexity index is 87.1. The molecule has 4 heteroatoms. The van der Waals surface area contributed by atoms with Crippen molar-refractivity contribution in [2.24, 2.45) is 0 Å². The highest BCUT2D eigenvalue weighted by atomic mass is 79.9. The summed E-state index contributed by atoms with van der Waals surface area (Å²) >= 11 is 3.41. The van der Waals surface area contributed by atoms with Gasteiger partial charge in [0.05, 0.1) is 0 Å². The molecular formula is C8H19BrO2Si. The summed E-state index contributed by atoms with van der Waals surface area (Å²) in [5.74, 6) is 0. The molecule has 0 aliphatic rings. The Kier molecular flexibility index (Phi) is 10.2. The predicted molar refractivity (Wildman–Crippen MR) is 58.2 cm³/mol. The van der Waals surface area contributed by atoms with Gasteiger partial charge in [-0.1, -0.05) is 22.4 Å². The monoisotopic (exact) mass is 254 g/mol. The molecule has 0 radical (unpaired) electrons. The first-order chi connectivity index (χ1) is 5.85. The summed E-state index contributed by atoms with van der Waals surface area (Å²) in [5.41, 5.74) is 0. The zero-order chi connectivity index (χ0) is 9.23. The molecule has 12 heavy (non-hydrogen) atoms. The van der Waals surface area contributed by atoms with E-state index in [1.807, 2.05) is 13.8 Å². The van der Waals surface area contributed by atoms with Gasteiger partial charge >= 0.3 is 9.28 Å². The third-order valence-corrected chi connectivity index (χ3v) is 4.38. The maximum Gasteiger partial charge on any atom is 0.321 e. The van der Waals surface area contributed by atoms with E-state index in [1.54, 1.807) is 0 Å². The molecule has 0 aromatic carbocycles. The van der Waals surface area contributed by atoms with E-state index in [2.05, 4.69) is 15.9 Å². The highest BCUT2D eigenvalue weighted by Crippen LogP contribution is 2.05.